The van der Waals surface area contributed by atoms with Gasteiger partial charge in [0.2, 0.25) is 0 Å². The lowest BCUT2D eigenvalue weighted by molar-refractivity contribution is 0.0323. The van der Waals surface area contributed by atoms with E-state index >= 15 is 0 Å². The first-order valence-corrected chi connectivity index (χ1v) is 19.9. The van der Waals surface area contributed by atoms with Crippen molar-refractivity contribution < 1.29 is 4.74 Å². The highest BCUT2D eigenvalue weighted by Crippen LogP contribution is 2.57. The number of ether oxygens (including phenoxy) is 1. The van der Waals surface area contributed by atoms with Crippen molar-refractivity contribution in [3.8, 4) is 25.9 Å². The molecule has 45 heavy (non-hydrogen) atoms. The van der Waals surface area contributed by atoms with Gasteiger partial charge in [0.25, 0.3) is 0 Å². The summed E-state index contributed by atoms with van der Waals surface area (Å²) in [6, 6.07) is 4.82. The average molecular weight is 665 g/mol. The van der Waals surface area contributed by atoms with E-state index in [1.54, 1.807) is 0 Å². The molecule has 0 spiro atoms. The third kappa shape index (κ3) is 7.54. The van der Waals surface area contributed by atoms with E-state index in [0.29, 0.717) is 11.8 Å². The van der Waals surface area contributed by atoms with E-state index in [0.717, 1.165) is 41.5 Å². The first-order chi connectivity index (χ1) is 21.4. The van der Waals surface area contributed by atoms with Crippen LogP contribution in [-0.4, -0.2) is 8.75 Å². The van der Waals surface area contributed by atoms with Crippen LogP contribution in [0.25, 0.3) is 31.2 Å². The lowest BCUT2D eigenvalue weighted by Crippen LogP contribution is -2.36. The molecule has 0 aliphatic carbocycles. The molecule has 1 aromatic carbocycles. The summed E-state index contributed by atoms with van der Waals surface area (Å²) in [6.07, 6.45) is 12.5. The Hall–Kier alpha value is -1.76. The molecule has 0 bridgehead atoms. The van der Waals surface area contributed by atoms with E-state index in [1.165, 1.54) is 110 Å². The minimum absolute atomic E-state index is 0.295. The van der Waals surface area contributed by atoms with Crippen molar-refractivity contribution in [1.29, 1.82) is 0 Å². The van der Waals surface area contributed by atoms with Crippen molar-refractivity contribution in [3.05, 3.63) is 39.3 Å². The Kier molecular flexibility index (Phi) is 11.2. The van der Waals surface area contributed by atoms with Crippen LogP contribution in [0.3, 0.4) is 0 Å². The number of aryl methyl sites for hydroxylation is 2. The molecule has 2 unspecified atom stereocenters. The largest absolute Gasteiger partial charge is 0.481 e. The average Bonchev–Trinajstić information content (AvgIpc) is 3.72. The summed E-state index contributed by atoms with van der Waals surface area (Å²) in [5.74, 6) is 4.06. The fraction of sp³-hybridized carbons (Fsp3) is 0.641. The van der Waals surface area contributed by atoms with Crippen molar-refractivity contribution in [3.63, 3.8) is 0 Å². The van der Waals surface area contributed by atoms with Crippen LogP contribution in [0.1, 0.15) is 133 Å². The summed E-state index contributed by atoms with van der Waals surface area (Å²) in [5, 5.41) is 0. The Balaban J connectivity index is 1.56. The Bertz CT molecular complexity index is 1570. The maximum absolute atomic E-state index is 7.34. The molecule has 2 atom stereocenters. The predicted octanol–water partition coefficient (Wildman–Crippen LogP) is 13.5. The Morgan fingerprint density at radius 1 is 0.667 bits per heavy atom. The minimum Gasteiger partial charge on any atom is -0.481 e. The molecule has 0 saturated heterocycles. The molecule has 4 aromatic rings. The zero-order chi connectivity index (χ0) is 32.5. The second-order valence-electron chi connectivity index (χ2n) is 15.1. The van der Waals surface area contributed by atoms with Gasteiger partial charge in [-0.2, -0.15) is 8.75 Å². The summed E-state index contributed by atoms with van der Waals surface area (Å²) < 4.78 is 16.9. The number of benzene rings is 1. The van der Waals surface area contributed by atoms with Crippen LogP contribution < -0.4 is 4.74 Å². The van der Waals surface area contributed by atoms with Crippen LogP contribution in [-0.2, 0) is 5.60 Å². The van der Waals surface area contributed by atoms with Crippen molar-refractivity contribution in [2.45, 2.75) is 139 Å². The van der Waals surface area contributed by atoms with Gasteiger partial charge >= 0.3 is 0 Å². The van der Waals surface area contributed by atoms with Crippen molar-refractivity contribution in [1.82, 2.24) is 8.75 Å². The molecule has 0 amide bonds. The molecule has 246 valence electrons. The molecular weight excluding hydrogens is 609 g/mol. The first kappa shape index (κ1) is 34.6. The van der Waals surface area contributed by atoms with Gasteiger partial charge in [0, 0.05) is 20.9 Å². The highest BCUT2D eigenvalue weighted by molar-refractivity contribution is 7.24. The molecule has 0 saturated carbocycles. The number of hydrogen-bond donors (Lipinski definition) is 0. The monoisotopic (exact) mass is 664 g/mol. The summed E-state index contributed by atoms with van der Waals surface area (Å²) in [7, 11) is 0. The quantitative estimate of drug-likeness (QED) is 0.127. The van der Waals surface area contributed by atoms with Crippen LogP contribution in [0, 0.1) is 51.4 Å². The van der Waals surface area contributed by atoms with Gasteiger partial charge < -0.3 is 4.74 Å². The number of rotatable bonds is 15. The smallest absolute Gasteiger partial charge is 0.140 e. The number of nitrogens with zero attached hydrogens (tertiary/aromatic N) is 2. The van der Waals surface area contributed by atoms with E-state index in [9.17, 15) is 0 Å². The van der Waals surface area contributed by atoms with E-state index in [4.69, 9.17) is 13.5 Å². The Labute approximate surface area is 285 Å². The van der Waals surface area contributed by atoms with Gasteiger partial charge in [-0.3, -0.25) is 0 Å². The van der Waals surface area contributed by atoms with E-state index in [-0.39, 0.29) is 5.60 Å². The third-order valence-corrected chi connectivity index (χ3v) is 13.3. The molecule has 0 fully saturated rings. The number of thiophene rings is 2. The zero-order valence-electron chi connectivity index (χ0n) is 29.6. The minimum atomic E-state index is -0.295. The summed E-state index contributed by atoms with van der Waals surface area (Å²) in [4.78, 5) is 5.39. The molecule has 4 heterocycles. The van der Waals surface area contributed by atoms with E-state index in [1.807, 2.05) is 22.7 Å². The third-order valence-electron chi connectivity index (χ3n) is 10.4. The number of fused-ring (bicyclic) bond motifs is 4. The maximum Gasteiger partial charge on any atom is 0.140 e. The van der Waals surface area contributed by atoms with Gasteiger partial charge in [-0.05, 0) is 106 Å². The lowest BCUT2D eigenvalue weighted by atomic mass is 9.78. The normalized spacial score (nSPS) is 17.6. The molecule has 3 aromatic heterocycles. The lowest BCUT2D eigenvalue weighted by Gasteiger charge is -2.39. The van der Waals surface area contributed by atoms with Gasteiger partial charge in [0.1, 0.15) is 22.4 Å². The van der Waals surface area contributed by atoms with Gasteiger partial charge in [-0.15, -0.1) is 22.7 Å². The van der Waals surface area contributed by atoms with Crippen LogP contribution >= 0.6 is 34.4 Å². The molecule has 6 heteroatoms. The van der Waals surface area contributed by atoms with Crippen molar-refractivity contribution in [2.24, 2.45) is 23.7 Å². The highest BCUT2D eigenvalue weighted by Gasteiger charge is 2.43. The molecule has 5 rings (SSSR count). The number of hydrogen-bond acceptors (Lipinski definition) is 6. The summed E-state index contributed by atoms with van der Waals surface area (Å²) in [6.45, 7) is 23.3. The molecule has 0 radical (unpaired) electrons. The van der Waals surface area contributed by atoms with Crippen LogP contribution in [0.15, 0.2) is 12.1 Å². The summed E-state index contributed by atoms with van der Waals surface area (Å²) >= 11 is 5.20. The SMILES string of the molecule is Cc1cc2c(s1)-c1sc(-c3c(C)c(C)c(C)c4nsnc34)cc1C(CCC(C)CCCC(C)C)(CCC(C)CCCC(C)C)O2. The van der Waals surface area contributed by atoms with Gasteiger partial charge in [0.05, 0.1) is 21.5 Å². The van der Waals surface area contributed by atoms with Crippen LogP contribution in [0.4, 0.5) is 0 Å². The molecule has 1 aliphatic heterocycles. The second-order valence-corrected chi connectivity index (χ2v) is 18.0. The topological polar surface area (TPSA) is 35.0 Å². The Morgan fingerprint density at radius 3 is 1.87 bits per heavy atom. The van der Waals surface area contributed by atoms with Gasteiger partial charge in [-0.1, -0.05) is 80.1 Å². The fourth-order valence-corrected chi connectivity index (χ4v) is 10.3. The molecular formula is C39H56N2OS3. The fourth-order valence-electron chi connectivity index (χ4n) is 7.23. The van der Waals surface area contributed by atoms with Crippen molar-refractivity contribution >= 4 is 45.4 Å². The predicted molar refractivity (Wildman–Crippen MR) is 199 cm³/mol. The highest BCUT2D eigenvalue weighted by atomic mass is 32.1. The first-order valence-electron chi connectivity index (χ1n) is 17.6. The molecule has 0 N–H and O–H groups in total. The van der Waals surface area contributed by atoms with Crippen LogP contribution in [0.2, 0.25) is 0 Å². The second kappa shape index (κ2) is 14.6. The van der Waals surface area contributed by atoms with Gasteiger partial charge in [-0.25, -0.2) is 0 Å². The van der Waals surface area contributed by atoms with Gasteiger partial charge in [0.15, 0.2) is 0 Å². The van der Waals surface area contributed by atoms with Crippen LogP contribution in [0.5, 0.6) is 5.75 Å². The Morgan fingerprint density at radius 2 is 1.27 bits per heavy atom. The molecule has 1 aliphatic rings. The zero-order valence-corrected chi connectivity index (χ0v) is 32.0. The van der Waals surface area contributed by atoms with E-state index < -0.39 is 0 Å². The molecule has 3 nitrogen and oxygen atoms in total. The number of aromatic nitrogens is 2. The maximum atomic E-state index is 7.34. The summed E-state index contributed by atoms with van der Waals surface area (Å²) in [5.41, 5.74) is 8.44. The van der Waals surface area contributed by atoms with E-state index in [2.05, 4.69) is 81.4 Å². The van der Waals surface area contributed by atoms with Crippen molar-refractivity contribution in [2.75, 3.05) is 0 Å². The standard InChI is InChI=1S/C39H56N2OS3/c1-23(2)13-11-15-25(5)17-19-39(20-18-26(6)16-12-14-24(3)4)31-22-33(44-37(31)38-32(42-39)21-27(7)43-38)34-29(9)28(8)30(10)35-36(34)41-45-40-35/h21-26H,11-20H2,1-10H3.